The molecule has 0 saturated heterocycles. The third kappa shape index (κ3) is 3.20. The quantitative estimate of drug-likeness (QED) is 0.778. The Morgan fingerprint density at radius 3 is 2.68 bits per heavy atom. The topological polar surface area (TPSA) is 59.8 Å². The van der Waals surface area contributed by atoms with Crippen LogP contribution in [0.25, 0.3) is 5.69 Å². The first-order chi connectivity index (χ1) is 10.6. The lowest BCUT2D eigenvalue weighted by molar-refractivity contribution is 0.102. The number of nitrogens with zero attached hydrogens (tertiary/aromatic N) is 3. The molecule has 0 aliphatic heterocycles. The molecule has 0 aliphatic rings. The largest absolute Gasteiger partial charge is 0.321 e. The van der Waals surface area contributed by atoms with Crippen molar-refractivity contribution in [3.05, 3.63) is 70.7 Å². The van der Waals surface area contributed by atoms with Gasteiger partial charge in [-0.3, -0.25) is 4.79 Å². The second kappa shape index (κ2) is 6.07. The van der Waals surface area contributed by atoms with Crippen LogP contribution in [0.15, 0.2) is 59.2 Å². The Balaban J connectivity index is 1.78. The minimum Gasteiger partial charge on any atom is -0.321 e. The van der Waals surface area contributed by atoms with Gasteiger partial charge in [0.2, 0.25) is 0 Å². The van der Waals surface area contributed by atoms with Crippen molar-refractivity contribution in [1.82, 2.24) is 15.0 Å². The van der Waals surface area contributed by atoms with E-state index in [1.54, 1.807) is 0 Å². The molecule has 1 N–H and O–H groups in total. The molecule has 1 aromatic heterocycles. The van der Waals surface area contributed by atoms with E-state index < -0.39 is 5.91 Å². The summed E-state index contributed by atoms with van der Waals surface area (Å²) in [6.45, 7) is 0. The van der Waals surface area contributed by atoms with Gasteiger partial charge in [0, 0.05) is 10.2 Å². The zero-order chi connectivity index (χ0) is 15.5. The highest BCUT2D eigenvalue weighted by molar-refractivity contribution is 9.10. The number of anilines is 1. The number of hydrogen-bond donors (Lipinski definition) is 1. The lowest BCUT2D eigenvalue weighted by Gasteiger charge is -2.02. The summed E-state index contributed by atoms with van der Waals surface area (Å²) < 4.78 is 15.2. The standard InChI is InChI=1S/C15H10BrFN4O/c16-10-2-1-3-13(8-10)21-9-14(19-20-21)15(22)18-12-6-4-11(17)5-7-12/h1-9H,(H,18,22). The molecule has 7 heteroatoms. The Morgan fingerprint density at radius 2 is 1.95 bits per heavy atom. The van der Waals surface area contributed by atoms with Crippen LogP contribution in [0.2, 0.25) is 0 Å². The minimum absolute atomic E-state index is 0.171. The first-order valence-corrected chi connectivity index (χ1v) is 7.16. The van der Waals surface area contributed by atoms with Gasteiger partial charge in [-0.1, -0.05) is 27.2 Å². The second-order valence-corrected chi connectivity index (χ2v) is 5.40. The number of carbonyl (C=O) groups excluding carboxylic acids is 1. The summed E-state index contributed by atoms with van der Waals surface area (Å²) in [7, 11) is 0. The third-order valence-electron chi connectivity index (χ3n) is 2.90. The van der Waals surface area contributed by atoms with Gasteiger partial charge in [-0.05, 0) is 42.5 Å². The minimum atomic E-state index is -0.409. The SMILES string of the molecule is O=C(Nc1ccc(F)cc1)c1cn(-c2cccc(Br)c2)nn1. The molecule has 0 fully saturated rings. The molecule has 0 saturated carbocycles. The molecule has 3 aromatic rings. The van der Waals surface area contributed by atoms with E-state index in [-0.39, 0.29) is 11.5 Å². The zero-order valence-corrected chi connectivity index (χ0v) is 12.8. The third-order valence-corrected chi connectivity index (χ3v) is 3.39. The fraction of sp³-hybridized carbons (Fsp3) is 0. The number of aromatic nitrogens is 3. The Kier molecular flexibility index (Phi) is 3.97. The van der Waals surface area contributed by atoms with E-state index in [2.05, 4.69) is 31.6 Å². The molecule has 0 atom stereocenters. The van der Waals surface area contributed by atoms with Crippen molar-refractivity contribution >= 4 is 27.5 Å². The molecule has 0 spiro atoms. The van der Waals surface area contributed by atoms with Crippen molar-refractivity contribution < 1.29 is 9.18 Å². The van der Waals surface area contributed by atoms with E-state index in [0.29, 0.717) is 5.69 Å². The average Bonchev–Trinajstić information content (AvgIpc) is 3.00. The average molecular weight is 361 g/mol. The second-order valence-electron chi connectivity index (χ2n) is 4.49. The molecule has 0 aliphatic carbocycles. The number of amides is 1. The Labute approximate surface area is 133 Å². The molecule has 5 nitrogen and oxygen atoms in total. The number of halogens is 2. The van der Waals surface area contributed by atoms with Crippen LogP contribution in [0.3, 0.4) is 0 Å². The van der Waals surface area contributed by atoms with Crippen molar-refractivity contribution in [2.45, 2.75) is 0 Å². The lowest BCUT2D eigenvalue weighted by atomic mass is 10.3. The molecule has 0 bridgehead atoms. The van der Waals surface area contributed by atoms with Gasteiger partial charge < -0.3 is 5.32 Å². The highest BCUT2D eigenvalue weighted by Crippen LogP contribution is 2.15. The van der Waals surface area contributed by atoms with Gasteiger partial charge in [0.05, 0.1) is 11.9 Å². The smallest absolute Gasteiger partial charge is 0.277 e. The highest BCUT2D eigenvalue weighted by Gasteiger charge is 2.12. The van der Waals surface area contributed by atoms with Crippen LogP contribution in [-0.2, 0) is 0 Å². The van der Waals surface area contributed by atoms with E-state index >= 15 is 0 Å². The number of carbonyl (C=O) groups is 1. The van der Waals surface area contributed by atoms with Crippen LogP contribution in [-0.4, -0.2) is 20.9 Å². The Bertz CT molecular complexity index is 816. The zero-order valence-electron chi connectivity index (χ0n) is 11.2. The van der Waals surface area contributed by atoms with Crippen molar-refractivity contribution in [1.29, 1.82) is 0 Å². The molecular formula is C15H10BrFN4O. The summed E-state index contributed by atoms with van der Waals surface area (Å²) in [5, 5.41) is 10.4. The van der Waals surface area contributed by atoms with Gasteiger partial charge in [-0.15, -0.1) is 5.10 Å². The Hall–Kier alpha value is -2.54. The van der Waals surface area contributed by atoms with Crippen LogP contribution in [0, 0.1) is 5.82 Å². The molecule has 110 valence electrons. The van der Waals surface area contributed by atoms with Crippen molar-refractivity contribution in [2.24, 2.45) is 0 Å². The van der Waals surface area contributed by atoms with Gasteiger partial charge in [0.1, 0.15) is 5.82 Å². The summed E-state index contributed by atoms with van der Waals surface area (Å²) in [5.74, 6) is -0.772. The van der Waals surface area contributed by atoms with Crippen LogP contribution >= 0.6 is 15.9 Å². The molecule has 2 aromatic carbocycles. The van der Waals surface area contributed by atoms with Gasteiger partial charge in [-0.2, -0.15) is 0 Å². The fourth-order valence-corrected chi connectivity index (χ4v) is 2.23. The molecule has 0 radical (unpaired) electrons. The number of nitrogens with one attached hydrogen (secondary N) is 1. The first-order valence-electron chi connectivity index (χ1n) is 6.37. The van der Waals surface area contributed by atoms with E-state index in [1.165, 1.54) is 35.1 Å². The number of hydrogen-bond acceptors (Lipinski definition) is 3. The monoisotopic (exact) mass is 360 g/mol. The van der Waals surface area contributed by atoms with Crippen LogP contribution in [0.4, 0.5) is 10.1 Å². The maximum Gasteiger partial charge on any atom is 0.277 e. The molecular weight excluding hydrogens is 351 g/mol. The summed E-state index contributed by atoms with van der Waals surface area (Å²) in [6, 6.07) is 13.0. The van der Waals surface area contributed by atoms with Crippen molar-refractivity contribution in [2.75, 3.05) is 5.32 Å². The van der Waals surface area contributed by atoms with E-state index in [0.717, 1.165) is 10.2 Å². The summed E-state index contributed by atoms with van der Waals surface area (Å²) in [6.07, 6.45) is 1.53. The van der Waals surface area contributed by atoms with E-state index in [4.69, 9.17) is 0 Å². The van der Waals surface area contributed by atoms with Crippen molar-refractivity contribution in [3.63, 3.8) is 0 Å². The van der Waals surface area contributed by atoms with Crippen LogP contribution < -0.4 is 5.32 Å². The molecule has 22 heavy (non-hydrogen) atoms. The van der Waals surface area contributed by atoms with Gasteiger partial charge in [0.15, 0.2) is 5.69 Å². The number of benzene rings is 2. The van der Waals surface area contributed by atoms with Gasteiger partial charge in [0.25, 0.3) is 5.91 Å². The van der Waals surface area contributed by atoms with E-state index in [9.17, 15) is 9.18 Å². The normalized spacial score (nSPS) is 10.5. The maximum absolute atomic E-state index is 12.8. The van der Waals surface area contributed by atoms with Crippen molar-refractivity contribution in [3.8, 4) is 5.69 Å². The van der Waals surface area contributed by atoms with E-state index in [1.807, 2.05) is 24.3 Å². The lowest BCUT2D eigenvalue weighted by Crippen LogP contribution is -2.12. The predicted octanol–water partition coefficient (Wildman–Crippen LogP) is 3.42. The van der Waals surface area contributed by atoms with Crippen LogP contribution in [0.5, 0.6) is 0 Å². The summed E-state index contributed by atoms with van der Waals surface area (Å²) in [4.78, 5) is 12.1. The molecule has 1 amide bonds. The highest BCUT2D eigenvalue weighted by atomic mass is 79.9. The molecule has 0 unspecified atom stereocenters. The summed E-state index contributed by atoms with van der Waals surface area (Å²) >= 11 is 3.37. The fourth-order valence-electron chi connectivity index (χ4n) is 1.84. The number of rotatable bonds is 3. The Morgan fingerprint density at radius 1 is 1.18 bits per heavy atom. The first kappa shape index (κ1) is 14.4. The maximum atomic E-state index is 12.8. The van der Waals surface area contributed by atoms with Gasteiger partial charge >= 0.3 is 0 Å². The van der Waals surface area contributed by atoms with Crippen LogP contribution in [0.1, 0.15) is 10.5 Å². The summed E-state index contributed by atoms with van der Waals surface area (Å²) in [5.41, 5.74) is 1.44. The molecule has 3 rings (SSSR count). The predicted molar refractivity (Wildman–Crippen MR) is 83.4 cm³/mol. The van der Waals surface area contributed by atoms with Gasteiger partial charge in [-0.25, -0.2) is 9.07 Å². The molecule has 1 heterocycles.